The molecular formula is C10H21NaO. The van der Waals surface area contributed by atoms with Gasteiger partial charge < -0.3 is 6.53 Å². The Balaban J connectivity index is -0.000000500. The van der Waals surface area contributed by atoms with Gasteiger partial charge in [0.1, 0.15) is 0 Å². The van der Waals surface area contributed by atoms with Crippen LogP contribution in [0.3, 0.4) is 0 Å². The van der Waals surface area contributed by atoms with E-state index in [2.05, 4.69) is 6.92 Å². The van der Waals surface area contributed by atoms with Crippen molar-refractivity contribution in [2.75, 3.05) is 0 Å². The van der Waals surface area contributed by atoms with Gasteiger partial charge >= 0.3 is 29.6 Å². The summed E-state index contributed by atoms with van der Waals surface area (Å²) in [4.78, 5) is 0. The van der Waals surface area contributed by atoms with Gasteiger partial charge in [0.15, 0.2) is 0 Å². The summed E-state index contributed by atoms with van der Waals surface area (Å²) in [7, 11) is 0. The summed E-state index contributed by atoms with van der Waals surface area (Å²) in [6.07, 6.45) is 8.64. The number of aliphatic hydroxyl groups excluding tert-OH is 1. The molecule has 0 unspecified atom stereocenters. The molecule has 0 aromatic heterocycles. The molecule has 0 aliphatic rings. The van der Waals surface area contributed by atoms with Crippen molar-refractivity contribution in [2.45, 2.75) is 52.4 Å². The minimum absolute atomic E-state index is 0. The first-order valence-electron chi connectivity index (χ1n) is 4.69. The van der Waals surface area contributed by atoms with E-state index in [0.29, 0.717) is 5.76 Å². The Morgan fingerprint density at radius 2 is 1.92 bits per heavy atom. The van der Waals surface area contributed by atoms with E-state index in [1.807, 2.05) is 13.0 Å². The third-order valence-electron chi connectivity index (χ3n) is 1.73. The van der Waals surface area contributed by atoms with Crippen LogP contribution in [0.2, 0.25) is 0 Å². The van der Waals surface area contributed by atoms with Crippen LogP contribution in [0.15, 0.2) is 11.8 Å². The fraction of sp³-hybridized carbons (Fsp3) is 0.800. The van der Waals surface area contributed by atoms with Crippen LogP contribution in [0.4, 0.5) is 0 Å². The molecule has 2 heteroatoms. The maximum absolute atomic E-state index is 9.21. The van der Waals surface area contributed by atoms with E-state index in [0.717, 1.165) is 19.3 Å². The van der Waals surface area contributed by atoms with E-state index in [1.165, 1.54) is 19.3 Å². The predicted octanol–water partition coefficient (Wildman–Crippen LogP) is 0.925. The molecule has 0 saturated heterocycles. The van der Waals surface area contributed by atoms with Gasteiger partial charge in [0.05, 0.1) is 5.76 Å². The molecule has 0 bridgehead atoms. The van der Waals surface area contributed by atoms with Crippen molar-refractivity contribution in [3.05, 3.63) is 11.8 Å². The first-order chi connectivity index (χ1) is 5.31. The largest absolute Gasteiger partial charge is 1.00 e. The fourth-order valence-corrected chi connectivity index (χ4v) is 1.07. The molecule has 0 fully saturated rings. The number of rotatable bonds is 6. The van der Waals surface area contributed by atoms with Crippen LogP contribution in [0.25, 0.3) is 0 Å². The number of aliphatic hydroxyl groups is 1. The fourth-order valence-electron chi connectivity index (χ4n) is 1.07. The molecule has 1 N–H and O–H groups in total. The van der Waals surface area contributed by atoms with Gasteiger partial charge in [0.2, 0.25) is 0 Å². The SMILES string of the molecule is CCC=C(O)CCCCCC.[H-].[Na+]. The number of hydrogen-bond donors (Lipinski definition) is 1. The maximum atomic E-state index is 9.21. The van der Waals surface area contributed by atoms with Gasteiger partial charge in [-0.25, -0.2) is 0 Å². The van der Waals surface area contributed by atoms with E-state index in [1.54, 1.807) is 0 Å². The molecular weight excluding hydrogens is 159 g/mol. The Bertz CT molecular complexity index is 115. The summed E-state index contributed by atoms with van der Waals surface area (Å²) in [6, 6.07) is 0. The average molecular weight is 180 g/mol. The van der Waals surface area contributed by atoms with Crippen molar-refractivity contribution in [1.82, 2.24) is 0 Å². The molecule has 1 nitrogen and oxygen atoms in total. The summed E-state index contributed by atoms with van der Waals surface area (Å²) < 4.78 is 0. The molecule has 0 atom stereocenters. The zero-order valence-electron chi connectivity index (χ0n) is 9.77. The summed E-state index contributed by atoms with van der Waals surface area (Å²) in [5.41, 5.74) is 0. The quantitative estimate of drug-likeness (QED) is 0.366. The number of hydrogen-bond acceptors (Lipinski definition) is 1. The molecule has 0 saturated carbocycles. The summed E-state index contributed by atoms with van der Waals surface area (Å²) in [5.74, 6) is 0.573. The number of unbranched alkanes of at least 4 members (excludes halogenated alkanes) is 3. The van der Waals surface area contributed by atoms with Crippen molar-refractivity contribution in [3.63, 3.8) is 0 Å². The van der Waals surface area contributed by atoms with E-state index in [9.17, 15) is 5.11 Å². The maximum Gasteiger partial charge on any atom is 1.00 e. The van der Waals surface area contributed by atoms with Crippen LogP contribution >= 0.6 is 0 Å². The van der Waals surface area contributed by atoms with Crippen molar-refractivity contribution < 1.29 is 36.1 Å². The van der Waals surface area contributed by atoms with Gasteiger partial charge in [-0.1, -0.05) is 33.1 Å². The van der Waals surface area contributed by atoms with Crippen LogP contribution in [0, 0.1) is 0 Å². The molecule has 0 aromatic rings. The standard InChI is InChI=1S/C10H20O.Na.H/c1-3-5-6-7-9-10(11)8-4-2;;/h8,11H,3-7,9H2,1-2H3;;/q;+1;-1. The Morgan fingerprint density at radius 1 is 1.25 bits per heavy atom. The summed E-state index contributed by atoms with van der Waals surface area (Å²) in [5, 5.41) is 9.21. The van der Waals surface area contributed by atoms with Crippen LogP contribution < -0.4 is 29.6 Å². The molecule has 0 spiro atoms. The first kappa shape index (κ1) is 15.0. The Hall–Kier alpha value is 0.540. The monoisotopic (exact) mass is 180 g/mol. The molecule has 0 heterocycles. The third kappa shape index (κ3) is 10.5. The van der Waals surface area contributed by atoms with Gasteiger partial charge in [-0.3, -0.25) is 0 Å². The Morgan fingerprint density at radius 3 is 2.42 bits per heavy atom. The van der Waals surface area contributed by atoms with Crippen LogP contribution in [0.1, 0.15) is 53.8 Å². The molecule has 0 aliphatic carbocycles. The molecule has 0 aliphatic heterocycles. The number of allylic oxidation sites excluding steroid dienone is 2. The van der Waals surface area contributed by atoms with E-state index >= 15 is 0 Å². The van der Waals surface area contributed by atoms with Gasteiger partial charge in [0.25, 0.3) is 0 Å². The topological polar surface area (TPSA) is 20.2 Å². The van der Waals surface area contributed by atoms with Crippen LogP contribution in [-0.2, 0) is 0 Å². The Kier molecular flexibility index (Phi) is 14.5. The van der Waals surface area contributed by atoms with Crippen molar-refractivity contribution in [1.29, 1.82) is 0 Å². The van der Waals surface area contributed by atoms with Crippen molar-refractivity contribution in [3.8, 4) is 0 Å². The average Bonchev–Trinajstić information content (AvgIpc) is 1.99. The second kappa shape index (κ2) is 11.5. The molecule has 0 amide bonds. The minimum Gasteiger partial charge on any atom is -1.00 e. The first-order valence-corrected chi connectivity index (χ1v) is 4.69. The normalized spacial score (nSPS) is 11.0. The third-order valence-corrected chi connectivity index (χ3v) is 1.73. The van der Waals surface area contributed by atoms with Crippen LogP contribution in [0.5, 0.6) is 0 Å². The molecule has 0 aromatic carbocycles. The molecule has 0 rings (SSSR count). The zero-order valence-corrected chi connectivity index (χ0v) is 10.8. The van der Waals surface area contributed by atoms with E-state index < -0.39 is 0 Å². The molecule has 12 heavy (non-hydrogen) atoms. The predicted molar refractivity (Wildman–Crippen MR) is 50.9 cm³/mol. The van der Waals surface area contributed by atoms with E-state index in [-0.39, 0.29) is 31.0 Å². The van der Waals surface area contributed by atoms with Gasteiger partial charge in [0, 0.05) is 6.42 Å². The smallest absolute Gasteiger partial charge is 1.00 e. The Labute approximate surface area is 100 Å². The van der Waals surface area contributed by atoms with Crippen molar-refractivity contribution >= 4 is 0 Å². The molecule has 68 valence electrons. The summed E-state index contributed by atoms with van der Waals surface area (Å²) in [6.45, 7) is 4.24. The van der Waals surface area contributed by atoms with Crippen molar-refractivity contribution in [2.24, 2.45) is 0 Å². The van der Waals surface area contributed by atoms with Gasteiger partial charge in [-0.15, -0.1) is 0 Å². The van der Waals surface area contributed by atoms with Crippen LogP contribution in [-0.4, -0.2) is 5.11 Å². The van der Waals surface area contributed by atoms with Gasteiger partial charge in [-0.2, -0.15) is 0 Å². The van der Waals surface area contributed by atoms with E-state index in [4.69, 9.17) is 0 Å². The summed E-state index contributed by atoms with van der Waals surface area (Å²) >= 11 is 0. The zero-order chi connectivity index (χ0) is 8.53. The second-order valence-electron chi connectivity index (χ2n) is 2.91. The van der Waals surface area contributed by atoms with Gasteiger partial charge in [-0.05, 0) is 18.9 Å². The second-order valence-corrected chi connectivity index (χ2v) is 2.91. The minimum atomic E-state index is 0. The molecule has 0 radical (unpaired) electrons.